The maximum absolute atomic E-state index is 12.1. The van der Waals surface area contributed by atoms with E-state index in [4.69, 9.17) is 10.5 Å². The van der Waals surface area contributed by atoms with Crippen molar-refractivity contribution >= 4 is 6.09 Å². The Kier molecular flexibility index (Phi) is 4.11. The Hall–Kier alpha value is -1.03. The van der Waals surface area contributed by atoms with Gasteiger partial charge in [0, 0.05) is 19.1 Å². The molecule has 1 heterocycles. The van der Waals surface area contributed by atoms with Crippen LogP contribution >= 0.6 is 0 Å². The molecule has 104 valence electrons. The lowest BCUT2D eigenvalue weighted by Gasteiger charge is -2.36. The van der Waals surface area contributed by atoms with Crippen molar-refractivity contribution in [3.8, 4) is 0 Å². The lowest BCUT2D eigenvalue weighted by Crippen LogP contribution is -2.48. The molecule has 0 aromatic heterocycles. The van der Waals surface area contributed by atoms with Crippen LogP contribution in [0.3, 0.4) is 0 Å². The zero-order chi connectivity index (χ0) is 14.1. The maximum atomic E-state index is 12.1. The predicted octanol–water partition coefficient (Wildman–Crippen LogP) is 2.54. The first-order valence-electron chi connectivity index (χ1n) is 6.44. The quantitative estimate of drug-likeness (QED) is 0.676. The highest BCUT2D eigenvalue weighted by atomic mass is 16.6. The Labute approximate surface area is 110 Å². The summed E-state index contributed by atoms with van der Waals surface area (Å²) >= 11 is 0. The zero-order valence-corrected chi connectivity index (χ0v) is 12.4. The van der Waals surface area contributed by atoms with Gasteiger partial charge < -0.3 is 15.4 Å². The second-order valence-electron chi connectivity index (χ2n) is 6.97. The number of nitrogens with two attached hydrogens (primary N) is 1. The summed E-state index contributed by atoms with van der Waals surface area (Å²) in [4.78, 5) is 13.7. The molecule has 1 amide bonds. The van der Waals surface area contributed by atoms with Gasteiger partial charge in [-0.3, -0.25) is 0 Å². The molecule has 0 aromatic carbocycles. The molecular formula is C14H26N2O2. The number of amides is 1. The summed E-state index contributed by atoms with van der Waals surface area (Å²) in [7, 11) is 0. The van der Waals surface area contributed by atoms with Gasteiger partial charge in [0.25, 0.3) is 0 Å². The number of carbonyl (C=O) groups excluding carboxylic acids is 1. The Morgan fingerprint density at radius 2 is 1.89 bits per heavy atom. The van der Waals surface area contributed by atoms with Gasteiger partial charge in [-0.25, -0.2) is 4.79 Å². The molecule has 4 nitrogen and oxygen atoms in total. The molecule has 0 aliphatic carbocycles. The van der Waals surface area contributed by atoms with Crippen molar-refractivity contribution in [3.05, 3.63) is 11.6 Å². The van der Waals surface area contributed by atoms with E-state index in [1.54, 1.807) is 4.90 Å². The molecule has 18 heavy (non-hydrogen) atoms. The molecule has 0 radical (unpaired) electrons. The van der Waals surface area contributed by atoms with Crippen LogP contribution in [0.4, 0.5) is 4.79 Å². The summed E-state index contributed by atoms with van der Waals surface area (Å²) < 4.78 is 5.39. The molecule has 0 bridgehead atoms. The van der Waals surface area contributed by atoms with Gasteiger partial charge in [-0.15, -0.1) is 0 Å². The van der Waals surface area contributed by atoms with E-state index < -0.39 is 5.60 Å². The van der Waals surface area contributed by atoms with Crippen LogP contribution in [0.15, 0.2) is 11.6 Å². The summed E-state index contributed by atoms with van der Waals surface area (Å²) in [6.45, 7) is 13.1. The van der Waals surface area contributed by atoms with Crippen LogP contribution in [0.2, 0.25) is 0 Å². The number of rotatable bonds is 0. The van der Waals surface area contributed by atoms with Crippen molar-refractivity contribution in [1.82, 2.24) is 4.90 Å². The highest BCUT2D eigenvalue weighted by molar-refractivity contribution is 5.69. The molecule has 1 unspecified atom stereocenters. The molecule has 1 rings (SSSR count). The van der Waals surface area contributed by atoms with Gasteiger partial charge in [-0.2, -0.15) is 0 Å². The van der Waals surface area contributed by atoms with Gasteiger partial charge in [0.1, 0.15) is 5.60 Å². The van der Waals surface area contributed by atoms with Gasteiger partial charge in [-0.1, -0.05) is 26.8 Å². The summed E-state index contributed by atoms with van der Waals surface area (Å²) in [5.74, 6) is 0. The maximum Gasteiger partial charge on any atom is 0.410 e. The molecule has 0 fully saturated rings. The van der Waals surface area contributed by atoms with Crippen molar-refractivity contribution in [2.75, 3.05) is 13.1 Å². The minimum Gasteiger partial charge on any atom is -0.444 e. The third-order valence-electron chi connectivity index (χ3n) is 2.82. The molecule has 0 aromatic rings. The molecule has 1 atom stereocenters. The van der Waals surface area contributed by atoms with Crippen molar-refractivity contribution in [1.29, 1.82) is 0 Å². The highest BCUT2D eigenvalue weighted by Crippen LogP contribution is 2.29. The number of ether oxygens (including phenoxy) is 1. The third-order valence-corrected chi connectivity index (χ3v) is 2.82. The van der Waals surface area contributed by atoms with Crippen LogP contribution in [0.1, 0.15) is 41.5 Å². The summed E-state index contributed by atoms with van der Waals surface area (Å²) in [5, 5.41) is 0. The monoisotopic (exact) mass is 254 g/mol. The van der Waals surface area contributed by atoms with Crippen LogP contribution in [0.5, 0.6) is 0 Å². The fraction of sp³-hybridized carbons (Fsp3) is 0.786. The van der Waals surface area contributed by atoms with E-state index in [-0.39, 0.29) is 17.6 Å². The van der Waals surface area contributed by atoms with Crippen LogP contribution in [0.25, 0.3) is 0 Å². The van der Waals surface area contributed by atoms with Crippen molar-refractivity contribution in [3.63, 3.8) is 0 Å². The first kappa shape index (κ1) is 15.0. The molecule has 0 spiro atoms. The summed E-state index contributed by atoms with van der Waals surface area (Å²) in [6.07, 6.45) is 1.79. The van der Waals surface area contributed by atoms with Crippen molar-refractivity contribution in [2.45, 2.75) is 53.2 Å². The van der Waals surface area contributed by atoms with E-state index in [0.717, 1.165) is 0 Å². The van der Waals surface area contributed by atoms with Crippen LogP contribution in [-0.2, 0) is 4.74 Å². The first-order valence-corrected chi connectivity index (χ1v) is 6.44. The van der Waals surface area contributed by atoms with E-state index in [1.807, 2.05) is 20.8 Å². The topological polar surface area (TPSA) is 55.6 Å². The Morgan fingerprint density at radius 3 is 2.33 bits per heavy atom. The predicted molar refractivity (Wildman–Crippen MR) is 73.3 cm³/mol. The van der Waals surface area contributed by atoms with Gasteiger partial charge in [0.05, 0.1) is 0 Å². The lowest BCUT2D eigenvalue weighted by molar-refractivity contribution is 0.0245. The Morgan fingerprint density at radius 1 is 1.33 bits per heavy atom. The number of hydrogen-bond acceptors (Lipinski definition) is 3. The van der Waals surface area contributed by atoms with Crippen molar-refractivity contribution < 1.29 is 9.53 Å². The minimum atomic E-state index is -0.468. The number of nitrogens with zero attached hydrogens (tertiary/aromatic N) is 1. The van der Waals surface area contributed by atoms with E-state index in [1.165, 1.54) is 5.57 Å². The van der Waals surface area contributed by atoms with Gasteiger partial charge >= 0.3 is 6.09 Å². The van der Waals surface area contributed by atoms with E-state index in [2.05, 4.69) is 26.8 Å². The zero-order valence-electron chi connectivity index (χ0n) is 12.4. The second kappa shape index (κ2) is 4.92. The lowest BCUT2D eigenvalue weighted by atomic mass is 9.83. The van der Waals surface area contributed by atoms with Crippen LogP contribution in [-0.4, -0.2) is 35.7 Å². The number of carbonyl (C=O) groups is 1. The van der Waals surface area contributed by atoms with Gasteiger partial charge in [0.15, 0.2) is 0 Å². The van der Waals surface area contributed by atoms with Crippen LogP contribution < -0.4 is 5.73 Å². The Balaban J connectivity index is 2.77. The first-order chi connectivity index (χ1) is 7.99. The summed E-state index contributed by atoms with van der Waals surface area (Å²) in [6, 6.07) is -0.111. The highest BCUT2D eigenvalue weighted by Gasteiger charge is 2.30. The molecular weight excluding hydrogens is 228 g/mol. The molecule has 1 aliphatic rings. The molecule has 0 saturated heterocycles. The fourth-order valence-electron chi connectivity index (χ4n) is 1.84. The fourth-order valence-corrected chi connectivity index (χ4v) is 1.84. The minimum absolute atomic E-state index is 0.0261. The number of hydrogen-bond donors (Lipinski definition) is 1. The third kappa shape index (κ3) is 4.33. The Bertz CT molecular complexity index is 348. The SMILES string of the molecule is CC(C)(C)OC(=O)N1CC(C(C)(C)C)=CC(N)C1. The molecule has 4 heteroatoms. The van der Waals surface area contributed by atoms with E-state index in [9.17, 15) is 4.79 Å². The standard InChI is InChI=1S/C14H26N2O2/c1-13(2,3)10-7-11(15)9-16(8-10)12(17)18-14(4,5)6/h7,11H,8-9,15H2,1-6H3. The largest absolute Gasteiger partial charge is 0.444 e. The second-order valence-corrected chi connectivity index (χ2v) is 6.97. The molecule has 1 aliphatic heterocycles. The average molecular weight is 254 g/mol. The van der Waals surface area contributed by atoms with E-state index >= 15 is 0 Å². The smallest absolute Gasteiger partial charge is 0.410 e. The average Bonchev–Trinajstić information content (AvgIpc) is 2.12. The van der Waals surface area contributed by atoms with Gasteiger partial charge in [0.2, 0.25) is 0 Å². The van der Waals surface area contributed by atoms with Gasteiger partial charge in [-0.05, 0) is 31.8 Å². The normalized spacial score (nSPS) is 21.6. The van der Waals surface area contributed by atoms with E-state index in [0.29, 0.717) is 13.1 Å². The summed E-state index contributed by atoms with van der Waals surface area (Å²) in [5.41, 5.74) is 6.73. The van der Waals surface area contributed by atoms with Crippen LogP contribution in [0, 0.1) is 5.41 Å². The molecule has 2 N–H and O–H groups in total. The molecule has 0 saturated carbocycles. The van der Waals surface area contributed by atoms with Crippen molar-refractivity contribution in [2.24, 2.45) is 11.1 Å².